The molecule has 0 spiro atoms. The summed E-state index contributed by atoms with van der Waals surface area (Å²) in [7, 11) is -3.62. The van der Waals surface area contributed by atoms with Crippen LogP contribution >= 0.6 is 11.3 Å². The summed E-state index contributed by atoms with van der Waals surface area (Å²) in [6, 6.07) is 15.6. The molecule has 2 aliphatic rings. The van der Waals surface area contributed by atoms with E-state index < -0.39 is 15.9 Å². The first-order valence-electron chi connectivity index (χ1n) is 12.0. The third-order valence-corrected chi connectivity index (χ3v) is 9.66. The maximum atomic E-state index is 13.3. The Morgan fingerprint density at radius 2 is 1.69 bits per heavy atom. The number of aromatic nitrogens is 1. The van der Waals surface area contributed by atoms with Gasteiger partial charge in [-0.3, -0.25) is 14.9 Å². The molecule has 0 atom stereocenters. The lowest BCUT2D eigenvalue weighted by molar-refractivity contribution is 0.0710. The van der Waals surface area contributed by atoms with Gasteiger partial charge >= 0.3 is 0 Å². The monoisotopic (exact) mass is 527 g/mol. The van der Waals surface area contributed by atoms with Crippen molar-refractivity contribution in [1.82, 2.24) is 19.7 Å². The van der Waals surface area contributed by atoms with Gasteiger partial charge in [-0.1, -0.05) is 41.7 Å². The third kappa shape index (κ3) is 5.30. The van der Waals surface area contributed by atoms with Crippen molar-refractivity contribution < 1.29 is 18.4 Å². The lowest BCUT2D eigenvalue weighted by atomic mass is 10.0. The van der Waals surface area contributed by atoms with Crippen LogP contribution in [0.5, 0.6) is 0 Å². The quantitative estimate of drug-likeness (QED) is 0.359. The summed E-state index contributed by atoms with van der Waals surface area (Å²) in [5, 5.41) is 9.40. The van der Waals surface area contributed by atoms with Crippen molar-refractivity contribution in [2.75, 3.05) is 44.2 Å². The van der Waals surface area contributed by atoms with Crippen molar-refractivity contribution in [2.45, 2.75) is 24.3 Å². The van der Waals surface area contributed by atoms with E-state index in [0.29, 0.717) is 36.2 Å². The van der Waals surface area contributed by atoms with Crippen LogP contribution in [0.25, 0.3) is 11.1 Å². The Kier molecular flexibility index (Phi) is 7.35. The van der Waals surface area contributed by atoms with Gasteiger partial charge in [0.15, 0.2) is 5.13 Å². The minimum Gasteiger partial charge on any atom is -0.345 e. The summed E-state index contributed by atoms with van der Waals surface area (Å²) in [6.07, 6.45) is 3.93. The van der Waals surface area contributed by atoms with Crippen molar-refractivity contribution in [3.05, 3.63) is 65.2 Å². The highest BCUT2D eigenvalue weighted by molar-refractivity contribution is 7.89. The SMILES string of the molecule is O=C(NO)c1cnc(N2CCN(S(=O)(=O)c3ccc(-c4cccc(CN5CCCC5)c4)cc3)CC2)s1. The van der Waals surface area contributed by atoms with Crippen molar-refractivity contribution in [3.63, 3.8) is 0 Å². The predicted molar refractivity (Wildman–Crippen MR) is 139 cm³/mol. The molecule has 1 aromatic heterocycles. The molecule has 9 nitrogen and oxygen atoms in total. The van der Waals surface area contributed by atoms with E-state index in [2.05, 4.69) is 34.1 Å². The summed E-state index contributed by atoms with van der Waals surface area (Å²) in [5.74, 6) is -0.610. The van der Waals surface area contributed by atoms with E-state index in [-0.39, 0.29) is 4.90 Å². The van der Waals surface area contributed by atoms with E-state index in [1.807, 2.05) is 17.0 Å². The molecule has 0 unspecified atom stereocenters. The molecule has 2 aromatic carbocycles. The number of carbonyl (C=O) groups excluding carboxylic acids is 1. The fraction of sp³-hybridized carbons (Fsp3) is 0.360. The molecule has 190 valence electrons. The van der Waals surface area contributed by atoms with Gasteiger partial charge in [0, 0.05) is 32.7 Å². The molecule has 1 amide bonds. The normalized spacial score (nSPS) is 17.4. The van der Waals surface area contributed by atoms with E-state index in [1.165, 1.54) is 28.9 Å². The van der Waals surface area contributed by atoms with E-state index in [9.17, 15) is 13.2 Å². The zero-order valence-corrected chi connectivity index (χ0v) is 21.5. The fourth-order valence-corrected chi connectivity index (χ4v) is 6.99. The average molecular weight is 528 g/mol. The molecule has 0 bridgehead atoms. The summed E-state index contributed by atoms with van der Waals surface area (Å²) in [4.78, 5) is 20.8. The Balaban J connectivity index is 1.23. The topological polar surface area (TPSA) is 106 Å². The number of hydrogen-bond acceptors (Lipinski definition) is 8. The van der Waals surface area contributed by atoms with Crippen molar-refractivity contribution in [1.29, 1.82) is 0 Å². The first-order chi connectivity index (χ1) is 17.4. The molecule has 3 heterocycles. The van der Waals surface area contributed by atoms with Gasteiger partial charge in [-0.2, -0.15) is 4.31 Å². The Morgan fingerprint density at radius 1 is 0.972 bits per heavy atom. The zero-order chi connectivity index (χ0) is 25.1. The number of rotatable bonds is 7. The maximum absolute atomic E-state index is 13.3. The first-order valence-corrected chi connectivity index (χ1v) is 14.3. The highest BCUT2D eigenvalue weighted by atomic mass is 32.2. The minimum atomic E-state index is -3.62. The molecule has 5 rings (SSSR count). The van der Waals surface area contributed by atoms with Crippen molar-refractivity contribution in [2.24, 2.45) is 0 Å². The molecular formula is C25H29N5O4S2. The molecular weight excluding hydrogens is 498 g/mol. The van der Waals surface area contributed by atoms with Crippen LogP contribution in [-0.2, 0) is 16.6 Å². The zero-order valence-electron chi connectivity index (χ0n) is 19.8. The second kappa shape index (κ2) is 10.7. The second-order valence-corrected chi connectivity index (χ2v) is 12.0. The van der Waals surface area contributed by atoms with Crippen LogP contribution in [0.2, 0.25) is 0 Å². The fourth-order valence-electron chi connectivity index (χ4n) is 4.71. The molecule has 0 saturated carbocycles. The van der Waals surface area contributed by atoms with E-state index in [1.54, 1.807) is 17.6 Å². The molecule has 36 heavy (non-hydrogen) atoms. The maximum Gasteiger partial charge on any atom is 0.286 e. The molecule has 3 aromatic rings. The number of nitrogens with zero attached hydrogens (tertiary/aromatic N) is 4. The van der Waals surface area contributed by atoms with E-state index in [0.717, 1.165) is 42.1 Å². The molecule has 2 fully saturated rings. The van der Waals surface area contributed by atoms with Crippen LogP contribution in [0.3, 0.4) is 0 Å². The lowest BCUT2D eigenvalue weighted by Gasteiger charge is -2.33. The molecule has 0 aliphatic carbocycles. The number of carbonyl (C=O) groups is 1. The van der Waals surface area contributed by atoms with Gasteiger partial charge in [-0.15, -0.1) is 0 Å². The Morgan fingerprint density at radius 3 is 2.39 bits per heavy atom. The molecule has 0 radical (unpaired) electrons. The summed E-state index contributed by atoms with van der Waals surface area (Å²) in [5.41, 5.74) is 4.95. The third-order valence-electron chi connectivity index (χ3n) is 6.69. The summed E-state index contributed by atoms with van der Waals surface area (Å²) >= 11 is 1.16. The highest BCUT2D eigenvalue weighted by Crippen LogP contribution is 2.27. The molecule has 11 heteroatoms. The smallest absolute Gasteiger partial charge is 0.286 e. The van der Waals surface area contributed by atoms with Crippen LogP contribution in [0, 0.1) is 0 Å². The predicted octanol–water partition coefficient (Wildman–Crippen LogP) is 3.04. The number of nitrogens with one attached hydrogen (secondary N) is 1. The van der Waals surface area contributed by atoms with E-state index >= 15 is 0 Å². The number of amides is 1. The molecule has 2 saturated heterocycles. The summed E-state index contributed by atoms with van der Waals surface area (Å²) in [6.45, 7) is 4.83. The number of anilines is 1. The largest absolute Gasteiger partial charge is 0.345 e. The number of sulfonamides is 1. The number of likely N-dealkylation sites (tertiary alicyclic amines) is 1. The van der Waals surface area contributed by atoms with Gasteiger partial charge in [0.1, 0.15) is 4.88 Å². The van der Waals surface area contributed by atoms with Crippen LogP contribution in [-0.4, -0.2) is 73.0 Å². The average Bonchev–Trinajstić information content (AvgIpc) is 3.61. The van der Waals surface area contributed by atoms with Gasteiger partial charge in [0.05, 0.1) is 11.1 Å². The van der Waals surface area contributed by atoms with Gasteiger partial charge in [-0.05, 0) is 60.8 Å². The minimum absolute atomic E-state index is 0.282. The number of thiazole rings is 1. The molecule has 2 N–H and O–H groups in total. The van der Waals surface area contributed by atoms with E-state index in [4.69, 9.17) is 5.21 Å². The standard InChI is InChI=1S/C25H29N5O4S2/c31-24(27-32)23-17-26-25(35-23)29-12-14-30(15-13-29)36(33,34)22-8-6-20(7-9-22)21-5-3-4-19(16-21)18-28-10-1-2-11-28/h3-9,16-17,32H,1-2,10-15,18H2,(H,27,31). The summed E-state index contributed by atoms with van der Waals surface area (Å²) < 4.78 is 28.0. The van der Waals surface area contributed by atoms with Gasteiger partial charge in [-0.25, -0.2) is 18.9 Å². The number of hydrogen-bond donors (Lipinski definition) is 2. The number of benzene rings is 2. The molecule has 2 aliphatic heterocycles. The van der Waals surface area contributed by atoms with Gasteiger partial charge in [0.25, 0.3) is 5.91 Å². The van der Waals surface area contributed by atoms with Gasteiger partial charge in [0.2, 0.25) is 10.0 Å². The number of hydroxylamine groups is 1. The van der Waals surface area contributed by atoms with Gasteiger partial charge < -0.3 is 4.90 Å². The van der Waals surface area contributed by atoms with Crippen LogP contribution in [0.15, 0.2) is 59.6 Å². The van der Waals surface area contributed by atoms with Crippen molar-refractivity contribution >= 4 is 32.4 Å². The van der Waals surface area contributed by atoms with Crippen LogP contribution in [0.4, 0.5) is 5.13 Å². The van der Waals surface area contributed by atoms with Crippen LogP contribution < -0.4 is 10.4 Å². The lowest BCUT2D eigenvalue weighted by Crippen LogP contribution is -2.48. The van der Waals surface area contributed by atoms with Crippen LogP contribution in [0.1, 0.15) is 28.1 Å². The second-order valence-electron chi connectivity index (χ2n) is 9.05. The Labute approximate surface area is 215 Å². The first kappa shape index (κ1) is 24.8. The Bertz CT molecular complexity index is 1310. The number of piperazine rings is 1. The Hall–Kier alpha value is -2.83. The van der Waals surface area contributed by atoms with Crippen molar-refractivity contribution in [3.8, 4) is 11.1 Å². The highest BCUT2D eigenvalue weighted by Gasteiger charge is 2.29.